The highest BCUT2D eigenvalue weighted by atomic mass is 15.1. The van der Waals surface area contributed by atoms with Crippen molar-refractivity contribution in [2.45, 2.75) is 51.5 Å². The average Bonchev–Trinajstić information content (AvgIpc) is 3.17. The van der Waals surface area contributed by atoms with E-state index in [9.17, 15) is 0 Å². The Balaban J connectivity index is 1.39. The molecule has 92 valence electrons. The highest BCUT2D eigenvalue weighted by molar-refractivity contribution is 5.05. The lowest BCUT2D eigenvalue weighted by atomic mass is 9.98. The zero-order chi connectivity index (χ0) is 11.0. The van der Waals surface area contributed by atoms with E-state index in [-0.39, 0.29) is 0 Å². The summed E-state index contributed by atoms with van der Waals surface area (Å²) in [6, 6.07) is 0.819. The maximum Gasteiger partial charge on any atom is 0.00916 e. The van der Waals surface area contributed by atoms with Gasteiger partial charge < -0.3 is 10.2 Å². The van der Waals surface area contributed by atoms with E-state index in [0.717, 1.165) is 17.4 Å². The van der Waals surface area contributed by atoms with Crippen LogP contribution >= 0.6 is 0 Å². The van der Waals surface area contributed by atoms with Gasteiger partial charge in [0.25, 0.3) is 0 Å². The second kappa shape index (κ2) is 4.30. The molecular formula is C14H26N2. The van der Waals surface area contributed by atoms with Gasteiger partial charge >= 0.3 is 0 Å². The monoisotopic (exact) mass is 222 g/mol. The van der Waals surface area contributed by atoms with E-state index in [4.69, 9.17) is 0 Å². The van der Waals surface area contributed by atoms with E-state index in [1.165, 1.54) is 64.7 Å². The van der Waals surface area contributed by atoms with Gasteiger partial charge in [-0.15, -0.1) is 0 Å². The van der Waals surface area contributed by atoms with Crippen LogP contribution in [0.1, 0.15) is 45.4 Å². The highest BCUT2D eigenvalue weighted by Crippen LogP contribution is 2.60. The SMILES string of the molecule is CCN1CCC(NCC2(C3CC3)CC2)CC1. The zero-order valence-corrected chi connectivity index (χ0v) is 10.7. The summed E-state index contributed by atoms with van der Waals surface area (Å²) in [7, 11) is 0. The van der Waals surface area contributed by atoms with Gasteiger partial charge in [0.1, 0.15) is 0 Å². The van der Waals surface area contributed by atoms with Crippen LogP contribution in [-0.2, 0) is 0 Å². The number of rotatable bonds is 5. The molecule has 0 aromatic heterocycles. The normalized spacial score (nSPS) is 30.6. The Morgan fingerprint density at radius 3 is 2.31 bits per heavy atom. The van der Waals surface area contributed by atoms with Crippen molar-refractivity contribution in [3.63, 3.8) is 0 Å². The van der Waals surface area contributed by atoms with Gasteiger partial charge in [0.2, 0.25) is 0 Å². The second-order valence-corrected chi connectivity index (χ2v) is 6.23. The fourth-order valence-electron chi connectivity index (χ4n) is 3.39. The lowest BCUT2D eigenvalue weighted by Gasteiger charge is -2.32. The third-order valence-electron chi connectivity index (χ3n) is 5.11. The molecule has 1 heterocycles. The fraction of sp³-hybridized carbons (Fsp3) is 1.00. The average molecular weight is 222 g/mol. The van der Waals surface area contributed by atoms with Crippen molar-refractivity contribution in [1.29, 1.82) is 0 Å². The number of nitrogens with zero attached hydrogens (tertiary/aromatic N) is 1. The minimum atomic E-state index is 0.780. The molecule has 0 radical (unpaired) electrons. The molecule has 2 heteroatoms. The van der Waals surface area contributed by atoms with Crippen molar-refractivity contribution in [2.24, 2.45) is 11.3 Å². The molecule has 3 fully saturated rings. The Morgan fingerprint density at radius 1 is 1.12 bits per heavy atom. The molecule has 0 bridgehead atoms. The maximum atomic E-state index is 3.86. The second-order valence-electron chi connectivity index (χ2n) is 6.23. The van der Waals surface area contributed by atoms with Crippen LogP contribution in [0.25, 0.3) is 0 Å². The highest BCUT2D eigenvalue weighted by Gasteiger charge is 2.53. The zero-order valence-electron chi connectivity index (χ0n) is 10.7. The lowest BCUT2D eigenvalue weighted by Crippen LogP contribution is -2.44. The Bertz CT molecular complexity index is 235. The molecular weight excluding hydrogens is 196 g/mol. The molecule has 16 heavy (non-hydrogen) atoms. The quantitative estimate of drug-likeness (QED) is 0.767. The van der Waals surface area contributed by atoms with E-state index in [2.05, 4.69) is 17.1 Å². The molecule has 0 aromatic rings. The molecule has 3 rings (SSSR count). The van der Waals surface area contributed by atoms with Gasteiger partial charge in [0, 0.05) is 12.6 Å². The summed E-state index contributed by atoms with van der Waals surface area (Å²) in [5, 5.41) is 3.86. The first-order valence-electron chi connectivity index (χ1n) is 7.28. The third-order valence-corrected chi connectivity index (χ3v) is 5.11. The lowest BCUT2D eigenvalue weighted by molar-refractivity contribution is 0.199. The largest absolute Gasteiger partial charge is 0.313 e. The number of likely N-dealkylation sites (tertiary alicyclic amines) is 1. The minimum absolute atomic E-state index is 0.780. The molecule has 1 saturated heterocycles. The molecule has 2 aliphatic carbocycles. The van der Waals surface area contributed by atoms with Crippen molar-refractivity contribution >= 4 is 0 Å². The molecule has 2 saturated carbocycles. The van der Waals surface area contributed by atoms with E-state index in [1.807, 2.05) is 0 Å². The van der Waals surface area contributed by atoms with Crippen LogP contribution in [0, 0.1) is 11.3 Å². The third kappa shape index (κ3) is 2.28. The van der Waals surface area contributed by atoms with Gasteiger partial charge in [-0.1, -0.05) is 6.92 Å². The summed E-state index contributed by atoms with van der Waals surface area (Å²) < 4.78 is 0. The fourth-order valence-corrected chi connectivity index (χ4v) is 3.39. The van der Waals surface area contributed by atoms with Crippen molar-refractivity contribution in [2.75, 3.05) is 26.2 Å². The molecule has 1 N–H and O–H groups in total. The van der Waals surface area contributed by atoms with E-state index >= 15 is 0 Å². The Labute approximate surface area is 99.8 Å². The van der Waals surface area contributed by atoms with Crippen molar-refractivity contribution < 1.29 is 0 Å². The molecule has 1 aliphatic heterocycles. The number of nitrogens with one attached hydrogen (secondary N) is 1. The van der Waals surface area contributed by atoms with E-state index < -0.39 is 0 Å². The summed E-state index contributed by atoms with van der Waals surface area (Å²) in [4.78, 5) is 2.58. The van der Waals surface area contributed by atoms with Crippen LogP contribution in [0.2, 0.25) is 0 Å². The van der Waals surface area contributed by atoms with Crippen LogP contribution in [0.15, 0.2) is 0 Å². The van der Waals surface area contributed by atoms with Crippen molar-refractivity contribution in [3.05, 3.63) is 0 Å². The topological polar surface area (TPSA) is 15.3 Å². The maximum absolute atomic E-state index is 3.86. The van der Waals surface area contributed by atoms with Gasteiger partial charge in [0.05, 0.1) is 0 Å². The summed E-state index contributed by atoms with van der Waals surface area (Å²) in [5.41, 5.74) is 0.780. The summed E-state index contributed by atoms with van der Waals surface area (Å²) in [6.45, 7) is 7.46. The number of piperidine rings is 1. The molecule has 0 amide bonds. The molecule has 2 nitrogen and oxygen atoms in total. The molecule has 0 aromatic carbocycles. The predicted molar refractivity (Wildman–Crippen MR) is 67.5 cm³/mol. The van der Waals surface area contributed by atoms with Gasteiger partial charge in [-0.25, -0.2) is 0 Å². The molecule has 0 spiro atoms. The summed E-state index contributed by atoms with van der Waals surface area (Å²) >= 11 is 0. The minimum Gasteiger partial charge on any atom is -0.313 e. The smallest absolute Gasteiger partial charge is 0.00916 e. The summed E-state index contributed by atoms with van der Waals surface area (Å²) in [5.74, 6) is 1.11. The Kier molecular flexibility index (Phi) is 2.97. The summed E-state index contributed by atoms with van der Waals surface area (Å²) in [6.07, 6.45) is 8.81. The Morgan fingerprint density at radius 2 is 1.81 bits per heavy atom. The number of hydrogen-bond donors (Lipinski definition) is 1. The van der Waals surface area contributed by atoms with Gasteiger partial charge in [-0.05, 0) is 69.5 Å². The van der Waals surface area contributed by atoms with Crippen LogP contribution in [-0.4, -0.2) is 37.1 Å². The first kappa shape index (κ1) is 11.0. The standard InChI is InChI=1S/C14H26N2/c1-2-16-9-5-13(6-10-16)15-11-14(7-8-14)12-3-4-12/h12-13,15H,2-11H2,1H3. The first-order valence-corrected chi connectivity index (χ1v) is 7.28. The van der Waals surface area contributed by atoms with Crippen molar-refractivity contribution in [1.82, 2.24) is 10.2 Å². The van der Waals surface area contributed by atoms with E-state index in [0.29, 0.717) is 0 Å². The Hall–Kier alpha value is -0.0800. The van der Waals surface area contributed by atoms with Gasteiger partial charge in [-0.3, -0.25) is 0 Å². The molecule has 0 atom stereocenters. The molecule has 0 unspecified atom stereocenters. The van der Waals surface area contributed by atoms with Gasteiger partial charge in [-0.2, -0.15) is 0 Å². The van der Waals surface area contributed by atoms with Crippen LogP contribution in [0.5, 0.6) is 0 Å². The van der Waals surface area contributed by atoms with Crippen molar-refractivity contribution in [3.8, 4) is 0 Å². The van der Waals surface area contributed by atoms with Crippen LogP contribution < -0.4 is 5.32 Å². The van der Waals surface area contributed by atoms with E-state index in [1.54, 1.807) is 0 Å². The van der Waals surface area contributed by atoms with Gasteiger partial charge in [0.15, 0.2) is 0 Å². The van der Waals surface area contributed by atoms with Crippen LogP contribution in [0.4, 0.5) is 0 Å². The number of hydrogen-bond acceptors (Lipinski definition) is 2. The first-order chi connectivity index (χ1) is 7.82. The predicted octanol–water partition coefficient (Wildman–Crippen LogP) is 2.25. The van der Waals surface area contributed by atoms with Crippen LogP contribution in [0.3, 0.4) is 0 Å². The molecule has 3 aliphatic rings.